The molecule has 0 aliphatic heterocycles. The Balaban J connectivity index is 2.24. The molecule has 1 heterocycles. The van der Waals surface area contributed by atoms with Crippen LogP contribution in [0.3, 0.4) is 0 Å². The minimum atomic E-state index is -0.655. The monoisotopic (exact) mass is 232 g/mol. The number of aromatic nitrogens is 2. The molecule has 0 saturated heterocycles. The van der Waals surface area contributed by atoms with Crippen molar-refractivity contribution < 1.29 is 5.11 Å². The molecule has 1 atom stereocenters. The zero-order valence-electron chi connectivity index (χ0n) is 8.87. The number of rotatable bonds is 3. The average Bonchev–Trinajstić information content (AvgIpc) is 2.39. The van der Waals surface area contributed by atoms with Crippen LogP contribution in [0.25, 0.3) is 0 Å². The van der Waals surface area contributed by atoms with Gasteiger partial charge in [-0.05, 0) is 24.0 Å². The average molecular weight is 232 g/mol. The standard InChI is InChI=1S/C12H12N2OS/c1-16-11-4-2-9(3-5-11)12(15)10-6-13-8-14-7-10/h2-8,12,15H,1H3. The van der Waals surface area contributed by atoms with Gasteiger partial charge in [-0.3, -0.25) is 0 Å². The quantitative estimate of drug-likeness (QED) is 0.825. The summed E-state index contributed by atoms with van der Waals surface area (Å²) in [6.45, 7) is 0. The fourth-order valence-electron chi connectivity index (χ4n) is 1.43. The van der Waals surface area contributed by atoms with Gasteiger partial charge in [-0.1, -0.05) is 12.1 Å². The van der Waals surface area contributed by atoms with Gasteiger partial charge < -0.3 is 5.11 Å². The van der Waals surface area contributed by atoms with Gasteiger partial charge in [0.25, 0.3) is 0 Å². The van der Waals surface area contributed by atoms with Crippen LogP contribution in [-0.4, -0.2) is 21.3 Å². The van der Waals surface area contributed by atoms with E-state index < -0.39 is 6.10 Å². The van der Waals surface area contributed by atoms with E-state index in [2.05, 4.69) is 9.97 Å². The van der Waals surface area contributed by atoms with Gasteiger partial charge in [0, 0.05) is 22.9 Å². The third kappa shape index (κ3) is 2.40. The maximum Gasteiger partial charge on any atom is 0.115 e. The molecular weight excluding hydrogens is 220 g/mol. The molecule has 0 bridgehead atoms. The largest absolute Gasteiger partial charge is 0.384 e. The van der Waals surface area contributed by atoms with Crippen LogP contribution in [0.2, 0.25) is 0 Å². The molecule has 1 aromatic heterocycles. The number of hydrogen-bond acceptors (Lipinski definition) is 4. The molecule has 0 amide bonds. The molecule has 0 fully saturated rings. The van der Waals surface area contributed by atoms with Crippen molar-refractivity contribution in [1.29, 1.82) is 0 Å². The highest BCUT2D eigenvalue weighted by Gasteiger charge is 2.10. The first-order valence-corrected chi connectivity index (χ1v) is 6.10. The molecule has 2 aromatic rings. The molecule has 0 radical (unpaired) electrons. The van der Waals surface area contributed by atoms with Crippen molar-refractivity contribution in [3.05, 3.63) is 54.1 Å². The van der Waals surface area contributed by atoms with Crippen molar-refractivity contribution in [2.45, 2.75) is 11.0 Å². The molecule has 2 rings (SSSR count). The molecule has 0 spiro atoms. The fraction of sp³-hybridized carbons (Fsp3) is 0.167. The van der Waals surface area contributed by atoms with Gasteiger partial charge in [-0.25, -0.2) is 9.97 Å². The highest BCUT2D eigenvalue weighted by atomic mass is 32.2. The molecule has 0 aliphatic carbocycles. The molecule has 1 unspecified atom stereocenters. The Morgan fingerprint density at radius 3 is 2.25 bits per heavy atom. The van der Waals surface area contributed by atoms with Crippen LogP contribution in [0.4, 0.5) is 0 Å². The summed E-state index contributed by atoms with van der Waals surface area (Å²) in [5.41, 5.74) is 1.56. The van der Waals surface area contributed by atoms with Gasteiger partial charge in [0.1, 0.15) is 12.4 Å². The van der Waals surface area contributed by atoms with Crippen molar-refractivity contribution in [3.8, 4) is 0 Å². The molecule has 4 heteroatoms. The van der Waals surface area contributed by atoms with E-state index in [-0.39, 0.29) is 0 Å². The Morgan fingerprint density at radius 1 is 1.06 bits per heavy atom. The number of aliphatic hydroxyl groups excluding tert-OH is 1. The van der Waals surface area contributed by atoms with Gasteiger partial charge >= 0.3 is 0 Å². The third-order valence-electron chi connectivity index (χ3n) is 2.33. The molecule has 82 valence electrons. The molecule has 1 N–H and O–H groups in total. The lowest BCUT2D eigenvalue weighted by Crippen LogP contribution is -2.00. The van der Waals surface area contributed by atoms with Crippen LogP contribution in [-0.2, 0) is 0 Å². The van der Waals surface area contributed by atoms with Crippen molar-refractivity contribution >= 4 is 11.8 Å². The summed E-state index contributed by atoms with van der Waals surface area (Å²) in [6.07, 6.45) is 6.07. The van der Waals surface area contributed by atoms with Gasteiger partial charge in [0.2, 0.25) is 0 Å². The van der Waals surface area contributed by atoms with E-state index in [1.807, 2.05) is 30.5 Å². The van der Waals surface area contributed by atoms with Crippen LogP contribution >= 0.6 is 11.8 Å². The Bertz CT molecular complexity index is 444. The molecule has 0 aliphatic rings. The summed E-state index contributed by atoms with van der Waals surface area (Å²) >= 11 is 1.68. The van der Waals surface area contributed by atoms with Crippen molar-refractivity contribution in [3.63, 3.8) is 0 Å². The fourth-order valence-corrected chi connectivity index (χ4v) is 1.84. The van der Waals surface area contributed by atoms with Gasteiger partial charge in [-0.15, -0.1) is 11.8 Å². The second-order valence-electron chi connectivity index (χ2n) is 3.35. The number of hydrogen-bond donors (Lipinski definition) is 1. The van der Waals surface area contributed by atoms with E-state index in [1.54, 1.807) is 24.2 Å². The first kappa shape index (κ1) is 11.1. The topological polar surface area (TPSA) is 46.0 Å². The maximum absolute atomic E-state index is 10.1. The third-order valence-corrected chi connectivity index (χ3v) is 3.07. The van der Waals surface area contributed by atoms with Crippen LogP contribution in [0.15, 0.2) is 47.9 Å². The van der Waals surface area contributed by atoms with Gasteiger partial charge in [-0.2, -0.15) is 0 Å². The molecule has 1 aromatic carbocycles. The van der Waals surface area contributed by atoms with E-state index in [0.29, 0.717) is 5.56 Å². The summed E-state index contributed by atoms with van der Waals surface area (Å²) in [6, 6.07) is 7.83. The maximum atomic E-state index is 10.1. The molecule has 3 nitrogen and oxygen atoms in total. The lowest BCUT2D eigenvalue weighted by molar-refractivity contribution is 0.219. The van der Waals surface area contributed by atoms with Crippen molar-refractivity contribution in [1.82, 2.24) is 9.97 Å². The van der Waals surface area contributed by atoms with Crippen LogP contribution in [0.5, 0.6) is 0 Å². The van der Waals surface area contributed by atoms with Gasteiger partial charge in [0.05, 0.1) is 0 Å². The Labute approximate surface area is 98.6 Å². The Kier molecular flexibility index (Phi) is 3.54. The molecular formula is C12H12N2OS. The normalized spacial score (nSPS) is 12.4. The smallest absolute Gasteiger partial charge is 0.115 e. The predicted octanol–water partition coefficient (Wildman–Crippen LogP) is 2.28. The second kappa shape index (κ2) is 5.09. The summed E-state index contributed by atoms with van der Waals surface area (Å²) in [5.74, 6) is 0. The zero-order valence-corrected chi connectivity index (χ0v) is 9.69. The minimum absolute atomic E-state index is 0.655. The summed E-state index contributed by atoms with van der Waals surface area (Å²) in [7, 11) is 0. The van der Waals surface area contributed by atoms with Crippen LogP contribution < -0.4 is 0 Å². The zero-order chi connectivity index (χ0) is 11.4. The lowest BCUT2D eigenvalue weighted by atomic mass is 10.0. The van der Waals surface area contributed by atoms with Gasteiger partial charge in [0.15, 0.2) is 0 Å². The van der Waals surface area contributed by atoms with Crippen molar-refractivity contribution in [2.75, 3.05) is 6.26 Å². The molecule has 0 saturated carbocycles. The van der Waals surface area contributed by atoms with E-state index in [9.17, 15) is 5.11 Å². The first-order valence-electron chi connectivity index (χ1n) is 4.88. The van der Waals surface area contributed by atoms with E-state index >= 15 is 0 Å². The first-order chi connectivity index (χ1) is 7.81. The number of aliphatic hydroxyl groups is 1. The predicted molar refractivity (Wildman–Crippen MR) is 64.3 cm³/mol. The summed E-state index contributed by atoms with van der Waals surface area (Å²) in [5, 5.41) is 10.1. The SMILES string of the molecule is CSc1ccc(C(O)c2cncnc2)cc1. The minimum Gasteiger partial charge on any atom is -0.384 e. The highest BCUT2D eigenvalue weighted by molar-refractivity contribution is 7.98. The summed E-state index contributed by atoms with van der Waals surface area (Å²) < 4.78 is 0. The molecule has 16 heavy (non-hydrogen) atoms. The lowest BCUT2D eigenvalue weighted by Gasteiger charge is -2.10. The van der Waals surface area contributed by atoms with Crippen LogP contribution in [0.1, 0.15) is 17.2 Å². The highest BCUT2D eigenvalue weighted by Crippen LogP contribution is 2.23. The Hall–Kier alpha value is -1.39. The van der Waals surface area contributed by atoms with Crippen LogP contribution in [0, 0.1) is 0 Å². The Morgan fingerprint density at radius 2 is 1.69 bits per heavy atom. The van der Waals surface area contributed by atoms with Crippen molar-refractivity contribution in [2.24, 2.45) is 0 Å². The van der Waals surface area contributed by atoms with E-state index in [0.717, 1.165) is 5.56 Å². The summed E-state index contributed by atoms with van der Waals surface area (Å²) in [4.78, 5) is 8.96. The second-order valence-corrected chi connectivity index (χ2v) is 4.23. The van der Waals surface area contributed by atoms with E-state index in [4.69, 9.17) is 0 Å². The number of thioether (sulfide) groups is 1. The number of nitrogens with zero attached hydrogens (tertiary/aromatic N) is 2. The van der Waals surface area contributed by atoms with E-state index in [1.165, 1.54) is 11.2 Å². The number of benzene rings is 1.